The van der Waals surface area contributed by atoms with Gasteiger partial charge in [-0.15, -0.1) is 0 Å². The van der Waals surface area contributed by atoms with Gasteiger partial charge in [0.05, 0.1) is 17.8 Å². The zero-order chi connectivity index (χ0) is 22.1. The highest BCUT2D eigenvalue weighted by atomic mass is 16.3. The fourth-order valence-corrected chi connectivity index (χ4v) is 8.25. The van der Waals surface area contributed by atoms with Gasteiger partial charge in [0, 0.05) is 12.3 Å². The molecule has 0 amide bonds. The number of allylic oxidation sites excluding steroid dienone is 2. The summed E-state index contributed by atoms with van der Waals surface area (Å²) >= 11 is 0. The molecule has 0 bridgehead atoms. The third-order valence-electron chi connectivity index (χ3n) is 9.94. The van der Waals surface area contributed by atoms with Gasteiger partial charge in [-0.25, -0.2) is 0 Å². The van der Waals surface area contributed by atoms with Crippen LogP contribution in [0.15, 0.2) is 11.6 Å². The van der Waals surface area contributed by atoms with E-state index >= 15 is 0 Å². The lowest BCUT2D eigenvalue weighted by Gasteiger charge is -2.58. The van der Waals surface area contributed by atoms with Crippen molar-refractivity contribution in [3.8, 4) is 0 Å². The smallest absolute Gasteiger partial charge is 0.138 e. The van der Waals surface area contributed by atoms with E-state index in [0.717, 1.165) is 38.5 Å². The molecule has 30 heavy (non-hydrogen) atoms. The van der Waals surface area contributed by atoms with Crippen LogP contribution >= 0.6 is 0 Å². The van der Waals surface area contributed by atoms with Crippen molar-refractivity contribution >= 4 is 5.78 Å². The second-order valence-corrected chi connectivity index (χ2v) is 12.1. The maximum atomic E-state index is 12.5. The molecule has 4 rings (SSSR count). The van der Waals surface area contributed by atoms with Crippen molar-refractivity contribution in [3.63, 3.8) is 0 Å². The Bertz CT molecular complexity index is 725. The molecule has 0 radical (unpaired) electrons. The molecule has 4 heteroatoms. The van der Waals surface area contributed by atoms with Gasteiger partial charge in [0.2, 0.25) is 0 Å². The molecule has 9 atom stereocenters. The average molecular weight is 419 g/mol. The monoisotopic (exact) mass is 418 g/mol. The van der Waals surface area contributed by atoms with E-state index < -0.39 is 5.60 Å². The molecule has 170 valence electrons. The van der Waals surface area contributed by atoms with Crippen LogP contribution in [0, 0.1) is 40.4 Å². The molecule has 0 aromatic heterocycles. The molecular formula is C26H42O4. The van der Waals surface area contributed by atoms with Gasteiger partial charge in [0.15, 0.2) is 0 Å². The summed E-state index contributed by atoms with van der Waals surface area (Å²) < 4.78 is 0. The Morgan fingerprint density at radius 3 is 2.53 bits per heavy atom. The minimum absolute atomic E-state index is 0.0168. The van der Waals surface area contributed by atoms with Crippen molar-refractivity contribution < 1.29 is 20.1 Å². The van der Waals surface area contributed by atoms with Crippen molar-refractivity contribution in [2.24, 2.45) is 40.4 Å². The molecule has 0 aromatic rings. The lowest BCUT2D eigenvalue weighted by atomic mass is 9.47. The Kier molecular flexibility index (Phi) is 5.56. The minimum atomic E-state index is -0.981. The van der Waals surface area contributed by atoms with E-state index in [9.17, 15) is 20.1 Å². The summed E-state index contributed by atoms with van der Waals surface area (Å²) in [7, 11) is 0. The number of aliphatic hydroxyl groups excluding tert-OH is 2. The summed E-state index contributed by atoms with van der Waals surface area (Å²) in [4.78, 5) is 12.5. The number of fused-ring (bicyclic) bond motifs is 5. The maximum Gasteiger partial charge on any atom is 0.138 e. The molecule has 4 aliphatic rings. The van der Waals surface area contributed by atoms with Crippen LogP contribution in [-0.4, -0.2) is 38.9 Å². The van der Waals surface area contributed by atoms with Crippen LogP contribution in [0.5, 0.6) is 0 Å². The molecule has 0 aromatic carbocycles. The molecule has 3 N–H and O–H groups in total. The first-order chi connectivity index (χ1) is 13.9. The third kappa shape index (κ3) is 3.33. The molecule has 4 nitrogen and oxygen atoms in total. The molecule has 0 saturated heterocycles. The van der Waals surface area contributed by atoms with E-state index in [1.165, 1.54) is 5.57 Å². The lowest BCUT2D eigenvalue weighted by molar-refractivity contribution is -0.133. The standard InChI is InChI=1S/C26H42O4/c1-15(2)22(29)14-26(5,30)23-7-6-18-17-13-21(28)20-12-16(27)8-10-24(20,3)19(17)9-11-25(18,23)4/h9,15-18,20-21,23,27-28,30H,6-8,10-14H2,1-5H3/t16-,17-,18-,20+,21-,23-,24+,25-,26-/m0/s1. The summed E-state index contributed by atoms with van der Waals surface area (Å²) in [6.07, 6.45) is 8.24. The second-order valence-electron chi connectivity index (χ2n) is 12.1. The topological polar surface area (TPSA) is 77.8 Å². The first-order valence-electron chi connectivity index (χ1n) is 12.2. The van der Waals surface area contributed by atoms with Crippen LogP contribution in [0.1, 0.15) is 86.0 Å². The quantitative estimate of drug-likeness (QED) is 0.596. The molecule has 0 aliphatic heterocycles. The van der Waals surface area contributed by atoms with Crippen LogP contribution in [0.3, 0.4) is 0 Å². The normalized spacial score (nSPS) is 47.7. The number of carbonyl (C=O) groups excluding carboxylic acids is 1. The predicted octanol–water partition coefficient (Wildman–Crippen LogP) is 4.26. The third-order valence-corrected chi connectivity index (χ3v) is 9.94. The van der Waals surface area contributed by atoms with Gasteiger partial charge < -0.3 is 15.3 Å². The summed E-state index contributed by atoms with van der Waals surface area (Å²) in [5.41, 5.74) is 0.485. The van der Waals surface area contributed by atoms with Crippen LogP contribution < -0.4 is 0 Å². The minimum Gasteiger partial charge on any atom is -0.393 e. The van der Waals surface area contributed by atoms with Crippen LogP contribution in [0.2, 0.25) is 0 Å². The van der Waals surface area contributed by atoms with Crippen LogP contribution in [-0.2, 0) is 4.79 Å². The molecule has 0 heterocycles. The maximum absolute atomic E-state index is 12.5. The van der Waals surface area contributed by atoms with Gasteiger partial charge in [-0.2, -0.15) is 0 Å². The van der Waals surface area contributed by atoms with Crippen molar-refractivity contribution in [1.29, 1.82) is 0 Å². The molecule has 3 saturated carbocycles. The number of rotatable bonds is 4. The van der Waals surface area contributed by atoms with Crippen LogP contribution in [0.4, 0.5) is 0 Å². The van der Waals surface area contributed by atoms with Gasteiger partial charge in [0.25, 0.3) is 0 Å². The highest BCUT2D eigenvalue weighted by Gasteiger charge is 2.61. The van der Waals surface area contributed by atoms with Crippen molar-refractivity contribution in [2.45, 2.75) is 104 Å². The lowest BCUT2D eigenvalue weighted by Crippen LogP contribution is -2.55. The summed E-state index contributed by atoms with van der Waals surface area (Å²) in [6.45, 7) is 10.3. The first-order valence-corrected chi connectivity index (χ1v) is 12.2. The number of hydrogen-bond donors (Lipinski definition) is 3. The summed E-state index contributed by atoms with van der Waals surface area (Å²) in [5.74, 6) is 1.15. The molecule has 0 unspecified atom stereocenters. The molecule has 4 aliphatic carbocycles. The summed E-state index contributed by atoms with van der Waals surface area (Å²) in [5, 5.41) is 32.8. The van der Waals surface area contributed by atoms with E-state index in [0.29, 0.717) is 18.3 Å². The number of aliphatic hydroxyl groups is 3. The Labute approximate surface area is 182 Å². The van der Waals surface area contributed by atoms with Gasteiger partial charge in [-0.3, -0.25) is 4.79 Å². The fourth-order valence-electron chi connectivity index (χ4n) is 8.25. The van der Waals surface area contributed by atoms with E-state index in [2.05, 4.69) is 19.9 Å². The predicted molar refractivity (Wildman–Crippen MR) is 118 cm³/mol. The number of hydrogen-bond acceptors (Lipinski definition) is 4. The van der Waals surface area contributed by atoms with E-state index in [-0.39, 0.29) is 53.0 Å². The fraction of sp³-hybridized carbons (Fsp3) is 0.885. The van der Waals surface area contributed by atoms with Crippen molar-refractivity contribution in [1.82, 2.24) is 0 Å². The zero-order valence-corrected chi connectivity index (χ0v) is 19.5. The van der Waals surface area contributed by atoms with Crippen molar-refractivity contribution in [2.75, 3.05) is 0 Å². The Hall–Kier alpha value is -0.710. The SMILES string of the molecule is CC(C)C(=O)C[C@](C)(O)[C@H]1CC[C@H]2[C@@H]3C[C@H](O)[C@H]4C[C@@H](O)CC[C@]4(C)C3=CC[C@@]21C. The van der Waals surface area contributed by atoms with E-state index in [1.807, 2.05) is 20.8 Å². The second kappa shape index (κ2) is 7.42. The number of carbonyl (C=O) groups is 1. The Morgan fingerprint density at radius 1 is 1.17 bits per heavy atom. The Balaban J connectivity index is 1.64. The van der Waals surface area contributed by atoms with Gasteiger partial charge in [-0.05, 0) is 86.4 Å². The number of Topliss-reactive ketones (excluding diaryl/α,β-unsaturated/α-hetero) is 1. The van der Waals surface area contributed by atoms with Gasteiger partial charge in [-0.1, -0.05) is 39.3 Å². The van der Waals surface area contributed by atoms with E-state index in [4.69, 9.17) is 0 Å². The molecule has 3 fully saturated rings. The molecular weight excluding hydrogens is 376 g/mol. The average Bonchev–Trinajstić information content (AvgIpc) is 3.01. The van der Waals surface area contributed by atoms with Gasteiger partial charge >= 0.3 is 0 Å². The first kappa shape index (κ1) is 22.5. The van der Waals surface area contributed by atoms with E-state index in [1.54, 1.807) is 0 Å². The van der Waals surface area contributed by atoms with Crippen LogP contribution in [0.25, 0.3) is 0 Å². The van der Waals surface area contributed by atoms with Crippen molar-refractivity contribution in [3.05, 3.63) is 11.6 Å². The zero-order valence-electron chi connectivity index (χ0n) is 19.5. The highest BCUT2D eigenvalue weighted by Crippen LogP contribution is 2.66. The number of ketones is 1. The largest absolute Gasteiger partial charge is 0.393 e. The van der Waals surface area contributed by atoms with Gasteiger partial charge in [0.1, 0.15) is 5.78 Å². The summed E-state index contributed by atoms with van der Waals surface area (Å²) in [6, 6.07) is 0. The highest BCUT2D eigenvalue weighted by molar-refractivity contribution is 5.81. The Morgan fingerprint density at radius 2 is 1.87 bits per heavy atom. The molecule has 0 spiro atoms.